The van der Waals surface area contributed by atoms with Gasteiger partial charge in [0.2, 0.25) is 0 Å². The molecule has 32 heavy (non-hydrogen) atoms. The zero-order chi connectivity index (χ0) is 23.5. The highest BCUT2D eigenvalue weighted by atomic mass is 16.5. The standard InChI is InChI=1S/C27H45NO4/c1-6-19(9-11-24(30)32-17-7-16-28(4)5)27(3)15-13-23-22(25(27)31)10-8-20-18-21(29)12-14-26(20,23)2/h9,11,19-23,29H,6-8,10,12-18H2,1-5H3/b11-9+/t19-,20+,21-,22?,23?,26-,27+/m0/s1. The van der Waals surface area contributed by atoms with Gasteiger partial charge in [0.1, 0.15) is 5.78 Å². The summed E-state index contributed by atoms with van der Waals surface area (Å²) in [5, 5.41) is 10.2. The Morgan fingerprint density at radius 1 is 1.22 bits per heavy atom. The number of ether oxygens (including phenoxy) is 1. The minimum Gasteiger partial charge on any atom is -0.462 e. The van der Waals surface area contributed by atoms with Crippen LogP contribution in [-0.2, 0) is 14.3 Å². The highest BCUT2D eigenvalue weighted by molar-refractivity contribution is 5.89. The van der Waals surface area contributed by atoms with Gasteiger partial charge in [-0.25, -0.2) is 4.79 Å². The van der Waals surface area contributed by atoms with Gasteiger partial charge in [-0.15, -0.1) is 0 Å². The fourth-order valence-electron chi connectivity index (χ4n) is 7.18. The molecule has 5 heteroatoms. The zero-order valence-electron chi connectivity index (χ0n) is 20.9. The number of nitrogens with zero attached hydrogens (tertiary/aromatic N) is 1. The lowest BCUT2D eigenvalue weighted by Crippen LogP contribution is -2.55. The van der Waals surface area contributed by atoms with Gasteiger partial charge in [0.15, 0.2) is 0 Å². The molecule has 3 fully saturated rings. The van der Waals surface area contributed by atoms with Crippen molar-refractivity contribution < 1.29 is 19.4 Å². The van der Waals surface area contributed by atoms with Crippen molar-refractivity contribution in [2.24, 2.45) is 34.5 Å². The number of aliphatic hydroxyl groups excluding tert-OH is 1. The number of esters is 1. The first-order chi connectivity index (χ1) is 15.1. The molecule has 0 saturated heterocycles. The molecule has 3 saturated carbocycles. The molecule has 7 atom stereocenters. The van der Waals surface area contributed by atoms with Gasteiger partial charge in [0.25, 0.3) is 0 Å². The summed E-state index contributed by atoms with van der Waals surface area (Å²) in [6, 6.07) is 0. The molecule has 0 bridgehead atoms. The predicted molar refractivity (Wildman–Crippen MR) is 127 cm³/mol. The number of Topliss-reactive ketones (excluding diaryl/α,β-unsaturated/α-hetero) is 1. The Bertz CT molecular complexity index is 704. The maximum atomic E-state index is 13.9. The fourth-order valence-corrected chi connectivity index (χ4v) is 7.18. The lowest BCUT2D eigenvalue weighted by atomic mass is 9.46. The Morgan fingerprint density at radius 3 is 2.66 bits per heavy atom. The van der Waals surface area contributed by atoms with Gasteiger partial charge in [-0.3, -0.25) is 4.79 Å². The first-order valence-corrected chi connectivity index (χ1v) is 12.8. The normalized spacial score (nSPS) is 38.4. The summed E-state index contributed by atoms with van der Waals surface area (Å²) in [5.41, 5.74) is -0.220. The van der Waals surface area contributed by atoms with E-state index in [0.29, 0.717) is 24.2 Å². The number of rotatable bonds is 8. The fraction of sp³-hybridized carbons (Fsp3) is 0.852. The van der Waals surface area contributed by atoms with E-state index >= 15 is 0 Å². The van der Waals surface area contributed by atoms with Crippen LogP contribution < -0.4 is 0 Å². The lowest BCUT2D eigenvalue weighted by molar-refractivity contribution is -0.156. The average molecular weight is 448 g/mol. The van der Waals surface area contributed by atoms with Crippen LogP contribution in [0, 0.1) is 34.5 Å². The topological polar surface area (TPSA) is 66.8 Å². The first kappa shape index (κ1) is 25.4. The van der Waals surface area contributed by atoms with E-state index in [2.05, 4.69) is 25.7 Å². The minimum atomic E-state index is -0.408. The Morgan fingerprint density at radius 2 is 1.97 bits per heavy atom. The number of carbonyl (C=O) groups excluding carboxylic acids is 2. The molecule has 0 heterocycles. The molecule has 0 aromatic heterocycles. The number of hydrogen-bond donors (Lipinski definition) is 1. The second kappa shape index (κ2) is 10.4. The predicted octanol–water partition coefficient (Wildman–Crippen LogP) is 4.63. The average Bonchev–Trinajstić information content (AvgIpc) is 2.74. The third-order valence-electron chi connectivity index (χ3n) is 9.26. The van der Waals surface area contributed by atoms with Crippen LogP contribution in [0.1, 0.15) is 78.6 Å². The molecule has 3 aliphatic carbocycles. The Labute approximate surface area is 195 Å². The largest absolute Gasteiger partial charge is 0.462 e. The van der Waals surface area contributed by atoms with Crippen LogP contribution in [-0.4, -0.2) is 55.1 Å². The number of hydrogen-bond acceptors (Lipinski definition) is 5. The molecule has 5 nitrogen and oxygen atoms in total. The first-order valence-electron chi connectivity index (χ1n) is 12.8. The van der Waals surface area contributed by atoms with Crippen molar-refractivity contribution in [3.8, 4) is 0 Å². The smallest absolute Gasteiger partial charge is 0.330 e. The molecule has 182 valence electrons. The van der Waals surface area contributed by atoms with Crippen molar-refractivity contribution in [3.63, 3.8) is 0 Å². The van der Waals surface area contributed by atoms with E-state index in [0.717, 1.165) is 64.3 Å². The third kappa shape index (κ3) is 5.14. The molecule has 0 spiro atoms. The molecule has 3 aliphatic rings. The van der Waals surface area contributed by atoms with Gasteiger partial charge < -0.3 is 14.7 Å². The molecular formula is C27H45NO4. The van der Waals surface area contributed by atoms with Crippen molar-refractivity contribution in [3.05, 3.63) is 12.2 Å². The summed E-state index contributed by atoms with van der Waals surface area (Å²) in [6.45, 7) is 7.95. The van der Waals surface area contributed by atoms with Crippen molar-refractivity contribution >= 4 is 11.8 Å². The van der Waals surface area contributed by atoms with Crippen LogP contribution in [0.2, 0.25) is 0 Å². The highest BCUT2D eigenvalue weighted by Gasteiger charge is 2.57. The third-order valence-corrected chi connectivity index (χ3v) is 9.26. The summed E-state index contributed by atoms with van der Waals surface area (Å²) in [7, 11) is 4.01. The summed E-state index contributed by atoms with van der Waals surface area (Å²) >= 11 is 0. The molecular weight excluding hydrogens is 402 g/mol. The van der Waals surface area contributed by atoms with E-state index < -0.39 is 5.41 Å². The van der Waals surface area contributed by atoms with Crippen LogP contribution in [0.5, 0.6) is 0 Å². The van der Waals surface area contributed by atoms with Crippen LogP contribution >= 0.6 is 0 Å². The van der Waals surface area contributed by atoms with E-state index in [4.69, 9.17) is 4.74 Å². The second-order valence-electron chi connectivity index (χ2n) is 11.4. The van der Waals surface area contributed by atoms with E-state index in [9.17, 15) is 14.7 Å². The van der Waals surface area contributed by atoms with Crippen molar-refractivity contribution in [2.75, 3.05) is 27.2 Å². The lowest BCUT2D eigenvalue weighted by Gasteiger charge is -2.58. The molecule has 0 aliphatic heterocycles. The van der Waals surface area contributed by atoms with Crippen LogP contribution in [0.25, 0.3) is 0 Å². The van der Waals surface area contributed by atoms with Crippen molar-refractivity contribution in [1.29, 1.82) is 0 Å². The van der Waals surface area contributed by atoms with E-state index in [-0.39, 0.29) is 29.3 Å². The van der Waals surface area contributed by atoms with Crippen LogP contribution in [0.3, 0.4) is 0 Å². The quantitative estimate of drug-likeness (QED) is 0.334. The van der Waals surface area contributed by atoms with Gasteiger partial charge >= 0.3 is 5.97 Å². The minimum absolute atomic E-state index is 0.0592. The second-order valence-corrected chi connectivity index (χ2v) is 11.4. The summed E-state index contributed by atoms with van der Waals surface area (Å²) < 4.78 is 5.34. The van der Waals surface area contributed by atoms with E-state index in [1.165, 1.54) is 0 Å². The Hall–Kier alpha value is -1.20. The molecule has 0 amide bonds. The molecule has 2 unspecified atom stereocenters. The molecule has 0 aromatic carbocycles. The van der Waals surface area contributed by atoms with Crippen LogP contribution in [0.4, 0.5) is 0 Å². The summed E-state index contributed by atoms with van der Waals surface area (Å²) in [4.78, 5) is 28.2. The molecule has 0 radical (unpaired) electrons. The summed E-state index contributed by atoms with van der Waals surface area (Å²) in [5.74, 6) is 1.29. The molecule has 1 N–H and O–H groups in total. The van der Waals surface area contributed by atoms with Gasteiger partial charge in [0, 0.05) is 24.0 Å². The van der Waals surface area contributed by atoms with Gasteiger partial charge in [0.05, 0.1) is 12.7 Å². The summed E-state index contributed by atoms with van der Waals surface area (Å²) in [6.07, 6.45) is 11.8. The molecule has 3 rings (SSSR count). The zero-order valence-corrected chi connectivity index (χ0v) is 20.9. The Balaban J connectivity index is 1.65. The molecule has 0 aromatic rings. The highest BCUT2D eigenvalue weighted by Crippen LogP contribution is 2.61. The van der Waals surface area contributed by atoms with E-state index in [1.54, 1.807) is 6.08 Å². The van der Waals surface area contributed by atoms with Gasteiger partial charge in [-0.1, -0.05) is 26.8 Å². The monoisotopic (exact) mass is 447 g/mol. The van der Waals surface area contributed by atoms with Crippen molar-refractivity contribution in [1.82, 2.24) is 4.90 Å². The van der Waals surface area contributed by atoms with Crippen molar-refractivity contribution in [2.45, 2.75) is 84.7 Å². The SMILES string of the molecule is CC[C@@H](/C=C/C(=O)OCCCN(C)C)[C@@]1(C)CCC2C(CC[C@@H]3C[C@@H](O)CC[C@]23C)C1=O. The Kier molecular flexibility index (Phi) is 8.25. The number of carbonyl (C=O) groups is 2. The van der Waals surface area contributed by atoms with Gasteiger partial charge in [-0.05, 0) is 95.1 Å². The number of ketones is 1. The van der Waals surface area contributed by atoms with E-state index in [1.807, 2.05) is 20.2 Å². The number of aliphatic hydroxyl groups is 1. The van der Waals surface area contributed by atoms with Gasteiger partial charge in [-0.2, -0.15) is 0 Å². The number of fused-ring (bicyclic) bond motifs is 3. The number of allylic oxidation sites excluding steroid dienone is 1. The van der Waals surface area contributed by atoms with Crippen LogP contribution in [0.15, 0.2) is 12.2 Å². The maximum Gasteiger partial charge on any atom is 0.330 e. The maximum absolute atomic E-state index is 13.9.